The number of hydrogen-bond acceptors (Lipinski definition) is 4. The molecule has 122 valence electrons. The lowest BCUT2D eigenvalue weighted by Crippen LogP contribution is -2.44. The first-order valence-electron chi connectivity index (χ1n) is 7.81. The molecule has 1 aliphatic carbocycles. The second-order valence-electron chi connectivity index (χ2n) is 6.10. The topological polar surface area (TPSA) is 58.6 Å². The number of ether oxygens (including phenoxy) is 1. The third kappa shape index (κ3) is 3.26. The highest BCUT2D eigenvalue weighted by Crippen LogP contribution is 2.39. The number of rotatable bonds is 7. The molecule has 1 saturated carbocycles. The molecule has 0 atom stereocenters. The number of fused-ring (bicyclic) bond motifs is 1. The Kier molecular flexibility index (Phi) is 4.68. The number of aliphatic hydroxyl groups excluding tert-OH is 1. The highest BCUT2D eigenvalue weighted by atomic mass is 32.1. The van der Waals surface area contributed by atoms with Gasteiger partial charge in [0, 0.05) is 27.6 Å². The van der Waals surface area contributed by atoms with E-state index in [0.29, 0.717) is 24.5 Å². The molecule has 23 heavy (non-hydrogen) atoms. The molecule has 2 aromatic rings. The molecule has 0 spiro atoms. The van der Waals surface area contributed by atoms with Crippen LogP contribution in [-0.4, -0.2) is 30.8 Å². The monoisotopic (exact) mass is 331 g/mol. The summed E-state index contributed by atoms with van der Waals surface area (Å²) in [5, 5.41) is 15.5. The highest BCUT2D eigenvalue weighted by molar-refractivity contribution is 7.17. The third-order valence-corrected chi connectivity index (χ3v) is 5.39. The first kappa shape index (κ1) is 16.0. The van der Waals surface area contributed by atoms with Gasteiger partial charge in [0.15, 0.2) is 0 Å². The van der Waals surface area contributed by atoms with Gasteiger partial charge in [0.2, 0.25) is 0 Å². The van der Waals surface area contributed by atoms with Crippen LogP contribution in [0.3, 0.4) is 0 Å². The van der Waals surface area contributed by atoms with Crippen LogP contribution < -0.4 is 10.1 Å². The van der Waals surface area contributed by atoms with Gasteiger partial charge in [-0.05, 0) is 36.4 Å². The van der Waals surface area contributed by atoms with Crippen molar-refractivity contribution in [3.05, 3.63) is 41.8 Å². The average molecular weight is 331 g/mol. The first-order chi connectivity index (χ1) is 11.2. The zero-order valence-electron chi connectivity index (χ0n) is 13.0. The van der Waals surface area contributed by atoms with E-state index in [-0.39, 0.29) is 17.9 Å². The summed E-state index contributed by atoms with van der Waals surface area (Å²) in [4.78, 5) is 12.5. The number of amides is 1. The Balaban J connectivity index is 1.78. The van der Waals surface area contributed by atoms with E-state index in [2.05, 4.69) is 11.9 Å². The molecule has 0 aliphatic heterocycles. The molecule has 1 heterocycles. The SMILES string of the molecule is C=CCOc1cc(C(=O)NCC2(CO)CCC2)cc2sccc12. The van der Waals surface area contributed by atoms with Crippen LogP contribution in [-0.2, 0) is 0 Å². The van der Waals surface area contributed by atoms with E-state index in [1.165, 1.54) is 0 Å². The van der Waals surface area contributed by atoms with Crippen LogP contribution in [0.15, 0.2) is 36.2 Å². The van der Waals surface area contributed by atoms with Crippen molar-refractivity contribution >= 4 is 27.3 Å². The summed E-state index contributed by atoms with van der Waals surface area (Å²) in [7, 11) is 0. The number of benzene rings is 1. The quantitative estimate of drug-likeness (QED) is 0.765. The van der Waals surface area contributed by atoms with Gasteiger partial charge in [0.05, 0.1) is 6.61 Å². The molecule has 2 N–H and O–H groups in total. The molecule has 5 heteroatoms. The predicted molar refractivity (Wildman–Crippen MR) is 93.2 cm³/mol. The number of aliphatic hydroxyl groups is 1. The van der Waals surface area contributed by atoms with Crippen molar-refractivity contribution in [3.8, 4) is 5.75 Å². The molecule has 0 radical (unpaired) electrons. The van der Waals surface area contributed by atoms with E-state index >= 15 is 0 Å². The first-order valence-corrected chi connectivity index (χ1v) is 8.69. The Morgan fingerprint density at radius 2 is 2.30 bits per heavy atom. The van der Waals surface area contributed by atoms with Gasteiger partial charge in [-0.2, -0.15) is 0 Å². The Bertz CT molecular complexity index is 713. The molecular weight excluding hydrogens is 310 g/mol. The molecule has 0 unspecified atom stereocenters. The van der Waals surface area contributed by atoms with Crippen LogP contribution in [0.1, 0.15) is 29.6 Å². The van der Waals surface area contributed by atoms with Crippen molar-refractivity contribution < 1.29 is 14.6 Å². The number of carbonyl (C=O) groups is 1. The Labute approximate surface area is 139 Å². The molecule has 1 aromatic heterocycles. The molecule has 3 rings (SSSR count). The standard InChI is InChI=1S/C18H21NO3S/c1-2-7-22-15-9-13(10-16-14(15)4-8-23-16)17(21)19-11-18(12-20)5-3-6-18/h2,4,8-10,20H,1,3,5-7,11-12H2,(H,19,21). The summed E-state index contributed by atoms with van der Waals surface area (Å²) in [5.41, 5.74) is 0.469. The summed E-state index contributed by atoms with van der Waals surface area (Å²) < 4.78 is 6.71. The maximum atomic E-state index is 12.5. The van der Waals surface area contributed by atoms with Crippen LogP contribution in [0.2, 0.25) is 0 Å². The molecule has 1 aromatic carbocycles. The third-order valence-electron chi connectivity index (χ3n) is 4.53. The molecule has 1 aliphatic rings. The lowest BCUT2D eigenvalue weighted by molar-refractivity contribution is 0.0429. The summed E-state index contributed by atoms with van der Waals surface area (Å²) >= 11 is 1.58. The van der Waals surface area contributed by atoms with Crippen molar-refractivity contribution in [2.75, 3.05) is 19.8 Å². The summed E-state index contributed by atoms with van der Waals surface area (Å²) in [6.07, 6.45) is 4.76. The number of carbonyl (C=O) groups excluding carboxylic acids is 1. The van der Waals surface area contributed by atoms with E-state index in [9.17, 15) is 9.90 Å². The fourth-order valence-corrected chi connectivity index (χ4v) is 3.72. The van der Waals surface area contributed by atoms with E-state index in [0.717, 1.165) is 29.3 Å². The minimum atomic E-state index is -0.122. The lowest BCUT2D eigenvalue weighted by Gasteiger charge is -2.40. The second kappa shape index (κ2) is 6.72. The second-order valence-corrected chi connectivity index (χ2v) is 7.05. The number of thiophene rings is 1. The van der Waals surface area contributed by atoms with Gasteiger partial charge in [0.25, 0.3) is 5.91 Å². The molecular formula is C18H21NO3S. The van der Waals surface area contributed by atoms with Gasteiger partial charge in [-0.15, -0.1) is 11.3 Å². The van der Waals surface area contributed by atoms with Crippen molar-refractivity contribution in [3.63, 3.8) is 0 Å². The van der Waals surface area contributed by atoms with Crippen molar-refractivity contribution in [2.45, 2.75) is 19.3 Å². The van der Waals surface area contributed by atoms with E-state index in [1.807, 2.05) is 17.5 Å². The maximum Gasteiger partial charge on any atom is 0.251 e. The molecule has 4 nitrogen and oxygen atoms in total. The minimum absolute atomic E-state index is 0.120. The van der Waals surface area contributed by atoms with Crippen molar-refractivity contribution in [1.82, 2.24) is 5.32 Å². The average Bonchev–Trinajstić information content (AvgIpc) is 3.00. The Morgan fingerprint density at radius 3 is 2.96 bits per heavy atom. The Morgan fingerprint density at radius 1 is 1.48 bits per heavy atom. The summed E-state index contributed by atoms with van der Waals surface area (Å²) in [5.74, 6) is 0.581. The van der Waals surface area contributed by atoms with Crippen LogP contribution in [0, 0.1) is 5.41 Å². The smallest absolute Gasteiger partial charge is 0.251 e. The number of nitrogens with one attached hydrogen (secondary N) is 1. The number of hydrogen-bond donors (Lipinski definition) is 2. The van der Waals surface area contributed by atoms with Gasteiger partial charge in [-0.1, -0.05) is 19.1 Å². The van der Waals surface area contributed by atoms with Gasteiger partial charge in [-0.3, -0.25) is 4.79 Å². The molecule has 0 bridgehead atoms. The van der Waals surface area contributed by atoms with Crippen molar-refractivity contribution in [1.29, 1.82) is 0 Å². The van der Waals surface area contributed by atoms with Crippen LogP contribution in [0.5, 0.6) is 5.75 Å². The summed E-state index contributed by atoms with van der Waals surface area (Å²) in [6.45, 7) is 4.72. The zero-order chi connectivity index (χ0) is 16.3. The fraction of sp³-hybridized carbons (Fsp3) is 0.389. The van der Waals surface area contributed by atoms with E-state index in [4.69, 9.17) is 4.74 Å². The van der Waals surface area contributed by atoms with Crippen LogP contribution in [0.25, 0.3) is 10.1 Å². The fourth-order valence-electron chi connectivity index (χ4n) is 2.87. The normalized spacial score (nSPS) is 15.9. The highest BCUT2D eigenvalue weighted by Gasteiger charge is 2.36. The Hall–Kier alpha value is -1.85. The van der Waals surface area contributed by atoms with Gasteiger partial charge in [0.1, 0.15) is 12.4 Å². The summed E-state index contributed by atoms with van der Waals surface area (Å²) in [6, 6.07) is 5.66. The molecule has 1 fully saturated rings. The minimum Gasteiger partial charge on any atom is -0.489 e. The van der Waals surface area contributed by atoms with Gasteiger partial charge in [-0.25, -0.2) is 0 Å². The van der Waals surface area contributed by atoms with Crippen LogP contribution in [0.4, 0.5) is 0 Å². The van der Waals surface area contributed by atoms with Crippen molar-refractivity contribution in [2.24, 2.45) is 5.41 Å². The molecule has 0 saturated heterocycles. The maximum absolute atomic E-state index is 12.5. The van der Waals surface area contributed by atoms with Gasteiger partial charge >= 0.3 is 0 Å². The van der Waals surface area contributed by atoms with E-state index < -0.39 is 0 Å². The largest absolute Gasteiger partial charge is 0.489 e. The molecule has 1 amide bonds. The lowest BCUT2D eigenvalue weighted by atomic mass is 9.69. The predicted octanol–water partition coefficient (Wildman–Crippen LogP) is 3.36. The van der Waals surface area contributed by atoms with Gasteiger partial charge < -0.3 is 15.2 Å². The van der Waals surface area contributed by atoms with Crippen LogP contribution >= 0.6 is 11.3 Å². The van der Waals surface area contributed by atoms with E-state index in [1.54, 1.807) is 23.5 Å². The zero-order valence-corrected chi connectivity index (χ0v) is 13.8.